The number of carbonyl (C=O) groups is 1. The molecule has 3 heterocycles. The predicted octanol–water partition coefficient (Wildman–Crippen LogP) is 3.66. The largest absolute Gasteiger partial charge is 0.353 e. The maximum Gasteiger partial charge on any atom is 0.230 e. The van der Waals surface area contributed by atoms with Crippen molar-refractivity contribution in [2.24, 2.45) is 0 Å². The molecule has 2 aromatic heterocycles. The summed E-state index contributed by atoms with van der Waals surface area (Å²) in [4.78, 5) is 27.9. The quantitative estimate of drug-likeness (QED) is 0.491. The average Bonchev–Trinajstić information content (AvgIpc) is 3.16. The molecule has 8 heteroatoms. The summed E-state index contributed by atoms with van der Waals surface area (Å²) >= 11 is 3.06. The second-order valence-electron chi connectivity index (χ2n) is 6.93. The van der Waals surface area contributed by atoms with Crippen LogP contribution in [0.15, 0.2) is 35.6 Å². The summed E-state index contributed by atoms with van der Waals surface area (Å²) in [5, 5.41) is 4.78. The molecule has 1 aliphatic heterocycles. The molecular weight excluding hydrogens is 390 g/mol. The monoisotopic (exact) mass is 413 g/mol. The van der Waals surface area contributed by atoms with E-state index in [0.29, 0.717) is 11.4 Å². The van der Waals surface area contributed by atoms with Gasteiger partial charge < -0.3 is 10.2 Å². The van der Waals surface area contributed by atoms with Crippen LogP contribution in [0.3, 0.4) is 0 Å². The smallest absolute Gasteiger partial charge is 0.230 e. The number of aromatic nitrogens is 3. The summed E-state index contributed by atoms with van der Waals surface area (Å²) in [7, 11) is 0. The van der Waals surface area contributed by atoms with Crippen molar-refractivity contribution in [1.82, 2.24) is 20.3 Å². The van der Waals surface area contributed by atoms with Crippen molar-refractivity contribution in [3.8, 4) is 0 Å². The van der Waals surface area contributed by atoms with E-state index in [2.05, 4.69) is 51.4 Å². The van der Waals surface area contributed by atoms with E-state index in [9.17, 15) is 4.79 Å². The molecule has 3 aromatic rings. The normalized spacial score (nSPS) is 14.7. The average molecular weight is 414 g/mol. The molecule has 1 N–H and O–H groups in total. The summed E-state index contributed by atoms with van der Waals surface area (Å²) in [5.41, 5.74) is 3.48. The Labute approximate surface area is 172 Å². The van der Waals surface area contributed by atoms with Gasteiger partial charge in [-0.2, -0.15) is 4.98 Å². The van der Waals surface area contributed by atoms with E-state index in [0.717, 1.165) is 40.8 Å². The number of thiazole rings is 1. The summed E-state index contributed by atoms with van der Waals surface area (Å²) in [6, 6.07) is 8.77. The van der Waals surface area contributed by atoms with Crippen LogP contribution in [-0.2, 0) is 17.8 Å². The minimum Gasteiger partial charge on any atom is -0.353 e. The maximum absolute atomic E-state index is 12.1. The van der Waals surface area contributed by atoms with Gasteiger partial charge in [0.1, 0.15) is 16.1 Å². The van der Waals surface area contributed by atoms with Crippen molar-refractivity contribution < 1.29 is 4.79 Å². The van der Waals surface area contributed by atoms with Gasteiger partial charge in [0.2, 0.25) is 5.91 Å². The number of hydrogen-bond donors (Lipinski definition) is 1. The van der Waals surface area contributed by atoms with E-state index in [-0.39, 0.29) is 11.9 Å². The number of anilines is 1. The zero-order valence-electron chi connectivity index (χ0n) is 16.0. The molecule has 0 radical (unpaired) electrons. The Hall–Kier alpha value is -2.19. The summed E-state index contributed by atoms with van der Waals surface area (Å²) in [5.74, 6) is 0.379. The first-order valence-corrected chi connectivity index (χ1v) is 11.3. The van der Waals surface area contributed by atoms with Gasteiger partial charge in [0.15, 0.2) is 10.8 Å². The molecule has 0 saturated heterocycles. The number of rotatable bonds is 6. The number of carbonyl (C=O) groups excluding carboxylic acids is 1. The van der Waals surface area contributed by atoms with Crippen LogP contribution >= 0.6 is 23.1 Å². The summed E-state index contributed by atoms with van der Waals surface area (Å²) in [6.07, 6.45) is 3.48. The van der Waals surface area contributed by atoms with Crippen LogP contribution < -0.4 is 10.2 Å². The van der Waals surface area contributed by atoms with Crippen LogP contribution in [0.1, 0.15) is 31.4 Å². The highest BCUT2D eigenvalue weighted by Gasteiger charge is 2.21. The van der Waals surface area contributed by atoms with Crippen molar-refractivity contribution in [1.29, 1.82) is 0 Å². The highest BCUT2D eigenvalue weighted by atomic mass is 32.2. The van der Waals surface area contributed by atoms with E-state index in [1.54, 1.807) is 11.3 Å². The van der Waals surface area contributed by atoms with Crippen LogP contribution in [0.25, 0.3) is 10.3 Å². The second kappa shape index (κ2) is 8.45. The van der Waals surface area contributed by atoms with E-state index < -0.39 is 0 Å². The molecule has 1 amide bonds. The van der Waals surface area contributed by atoms with Gasteiger partial charge >= 0.3 is 0 Å². The lowest BCUT2D eigenvalue weighted by atomic mass is 10.0. The Kier molecular flexibility index (Phi) is 5.77. The van der Waals surface area contributed by atoms with E-state index in [1.807, 2.05) is 6.92 Å². The Morgan fingerprint density at radius 3 is 2.96 bits per heavy atom. The molecule has 0 bridgehead atoms. The Morgan fingerprint density at radius 1 is 1.32 bits per heavy atom. The SMILES string of the molecule is CC[C@H](C)NC(=O)CSc1ncnc2nc(N3CCc4ccccc4C3)sc12. The molecule has 0 spiro atoms. The molecule has 1 aliphatic rings. The molecule has 1 atom stereocenters. The lowest BCUT2D eigenvalue weighted by Crippen LogP contribution is -2.33. The molecule has 0 unspecified atom stereocenters. The van der Waals surface area contributed by atoms with Crippen LogP contribution in [0, 0.1) is 0 Å². The van der Waals surface area contributed by atoms with Crippen LogP contribution in [0.5, 0.6) is 0 Å². The van der Waals surface area contributed by atoms with Crippen LogP contribution in [-0.4, -0.2) is 39.2 Å². The first-order chi connectivity index (χ1) is 13.6. The number of benzene rings is 1. The molecule has 1 aromatic carbocycles. The standard InChI is InChI=1S/C20H23N5OS2/c1-3-13(2)23-16(26)11-27-19-17-18(21-12-22-19)24-20(28-17)25-9-8-14-6-4-5-7-15(14)10-25/h4-7,12-13H,3,8-11H2,1-2H3,(H,23,26)/t13-/m0/s1. The fourth-order valence-electron chi connectivity index (χ4n) is 3.17. The molecular formula is C20H23N5OS2. The summed E-state index contributed by atoms with van der Waals surface area (Å²) < 4.78 is 0.956. The molecule has 4 rings (SSSR count). The van der Waals surface area contributed by atoms with E-state index >= 15 is 0 Å². The molecule has 28 heavy (non-hydrogen) atoms. The minimum atomic E-state index is 0.0310. The van der Waals surface area contributed by atoms with E-state index in [1.165, 1.54) is 29.2 Å². The highest BCUT2D eigenvalue weighted by Crippen LogP contribution is 2.35. The lowest BCUT2D eigenvalue weighted by Gasteiger charge is -2.28. The Morgan fingerprint density at radius 2 is 2.14 bits per heavy atom. The van der Waals surface area contributed by atoms with Crippen LogP contribution in [0.4, 0.5) is 5.13 Å². The van der Waals surface area contributed by atoms with Crippen molar-refractivity contribution in [3.05, 3.63) is 41.7 Å². The van der Waals surface area contributed by atoms with Gasteiger partial charge in [-0.25, -0.2) is 9.97 Å². The number of hydrogen-bond acceptors (Lipinski definition) is 7. The fourth-order valence-corrected chi connectivity index (χ4v) is 5.10. The summed E-state index contributed by atoms with van der Waals surface area (Å²) in [6.45, 7) is 5.88. The topological polar surface area (TPSA) is 71.0 Å². The number of nitrogens with zero attached hydrogens (tertiary/aromatic N) is 4. The highest BCUT2D eigenvalue weighted by molar-refractivity contribution is 8.00. The van der Waals surface area contributed by atoms with Gasteiger partial charge in [-0.15, -0.1) is 0 Å². The first kappa shape index (κ1) is 19.1. The molecule has 0 saturated carbocycles. The van der Waals surface area contributed by atoms with E-state index in [4.69, 9.17) is 4.98 Å². The number of thioether (sulfide) groups is 1. The second-order valence-corrected chi connectivity index (χ2v) is 8.88. The number of nitrogens with one attached hydrogen (secondary N) is 1. The third-order valence-electron chi connectivity index (χ3n) is 4.91. The maximum atomic E-state index is 12.1. The molecule has 0 aliphatic carbocycles. The third kappa shape index (κ3) is 4.12. The molecule has 0 fully saturated rings. The Bertz CT molecular complexity index is 990. The van der Waals surface area contributed by atoms with Crippen molar-refractivity contribution in [2.75, 3.05) is 17.2 Å². The molecule has 6 nitrogen and oxygen atoms in total. The zero-order chi connectivity index (χ0) is 19.5. The first-order valence-electron chi connectivity index (χ1n) is 9.49. The lowest BCUT2D eigenvalue weighted by molar-refractivity contribution is -0.119. The van der Waals surface area contributed by atoms with Gasteiger partial charge in [-0.1, -0.05) is 54.3 Å². The van der Waals surface area contributed by atoms with Crippen molar-refractivity contribution in [2.45, 2.75) is 44.3 Å². The van der Waals surface area contributed by atoms with Crippen LogP contribution in [0.2, 0.25) is 0 Å². The van der Waals surface area contributed by atoms with Gasteiger partial charge in [0.25, 0.3) is 0 Å². The predicted molar refractivity (Wildman–Crippen MR) is 115 cm³/mol. The zero-order valence-corrected chi connectivity index (χ0v) is 17.6. The van der Waals surface area contributed by atoms with Gasteiger partial charge in [0, 0.05) is 19.1 Å². The number of amides is 1. The minimum absolute atomic E-state index is 0.0310. The van der Waals surface area contributed by atoms with Gasteiger partial charge in [0.05, 0.1) is 5.75 Å². The van der Waals surface area contributed by atoms with Gasteiger partial charge in [-0.3, -0.25) is 4.79 Å². The van der Waals surface area contributed by atoms with Gasteiger partial charge in [-0.05, 0) is 30.9 Å². The number of fused-ring (bicyclic) bond motifs is 2. The fraction of sp³-hybridized carbons (Fsp3) is 0.400. The van der Waals surface area contributed by atoms with Crippen molar-refractivity contribution >= 4 is 44.5 Å². The Balaban J connectivity index is 1.50. The third-order valence-corrected chi connectivity index (χ3v) is 7.14. The van der Waals surface area contributed by atoms with Crippen molar-refractivity contribution in [3.63, 3.8) is 0 Å². The molecule has 146 valence electrons.